The molecule has 0 aliphatic carbocycles. The van der Waals surface area contributed by atoms with Gasteiger partial charge in [-0.3, -0.25) is 4.79 Å². The van der Waals surface area contributed by atoms with Gasteiger partial charge in [0.2, 0.25) is 5.91 Å². The molecule has 1 N–H and O–H groups in total. The van der Waals surface area contributed by atoms with Crippen LogP contribution in [0.4, 0.5) is 4.39 Å². The molecule has 1 amide bonds. The minimum atomic E-state index is -0.290. The lowest BCUT2D eigenvalue weighted by Gasteiger charge is -2.14. The molecule has 0 fully saturated rings. The molecule has 3 aromatic rings. The number of benzene rings is 1. The van der Waals surface area contributed by atoms with Gasteiger partial charge in [-0.05, 0) is 36.1 Å². The number of nitrogens with zero attached hydrogens (tertiary/aromatic N) is 3. The summed E-state index contributed by atoms with van der Waals surface area (Å²) in [5.74, 6) is 0.629. The number of carbonyl (C=O) groups is 1. The van der Waals surface area contributed by atoms with Crippen molar-refractivity contribution in [2.45, 2.75) is 18.1 Å². The summed E-state index contributed by atoms with van der Waals surface area (Å²) in [4.78, 5) is 13.2. The van der Waals surface area contributed by atoms with Crippen molar-refractivity contribution in [1.82, 2.24) is 20.1 Å². The van der Waals surface area contributed by atoms with Crippen LogP contribution >= 0.6 is 23.1 Å². The largest absolute Gasteiger partial charge is 0.349 e. The maximum Gasteiger partial charge on any atom is 0.230 e. The van der Waals surface area contributed by atoms with Gasteiger partial charge < -0.3 is 9.88 Å². The van der Waals surface area contributed by atoms with Gasteiger partial charge in [0.1, 0.15) is 5.82 Å². The Morgan fingerprint density at radius 3 is 2.76 bits per heavy atom. The second-order valence-electron chi connectivity index (χ2n) is 5.47. The molecule has 0 saturated heterocycles. The Morgan fingerprint density at radius 1 is 1.32 bits per heavy atom. The van der Waals surface area contributed by atoms with E-state index < -0.39 is 0 Å². The van der Waals surface area contributed by atoms with E-state index in [9.17, 15) is 9.18 Å². The summed E-state index contributed by atoms with van der Waals surface area (Å²) in [6.45, 7) is 1.87. The molecule has 25 heavy (non-hydrogen) atoms. The van der Waals surface area contributed by atoms with E-state index in [1.807, 2.05) is 36.1 Å². The first-order chi connectivity index (χ1) is 12.0. The van der Waals surface area contributed by atoms with Crippen LogP contribution < -0.4 is 5.32 Å². The second-order valence-corrected chi connectivity index (χ2v) is 7.36. The van der Waals surface area contributed by atoms with E-state index in [2.05, 4.69) is 15.5 Å². The minimum Gasteiger partial charge on any atom is -0.349 e. The molecule has 8 heteroatoms. The predicted octanol–water partition coefficient (Wildman–Crippen LogP) is 3.65. The van der Waals surface area contributed by atoms with E-state index in [0.29, 0.717) is 5.16 Å². The van der Waals surface area contributed by atoms with Crippen LogP contribution in [0.1, 0.15) is 18.5 Å². The van der Waals surface area contributed by atoms with E-state index >= 15 is 0 Å². The summed E-state index contributed by atoms with van der Waals surface area (Å²) in [5.41, 5.74) is 0.860. The molecular formula is C17H17FN4OS2. The lowest BCUT2D eigenvalue weighted by Crippen LogP contribution is -2.28. The van der Waals surface area contributed by atoms with Crippen molar-refractivity contribution in [3.63, 3.8) is 0 Å². The van der Waals surface area contributed by atoms with Crippen LogP contribution in [0.25, 0.3) is 10.7 Å². The number of rotatable bonds is 6. The third-order valence-electron chi connectivity index (χ3n) is 3.66. The molecule has 0 aliphatic rings. The smallest absolute Gasteiger partial charge is 0.230 e. The molecule has 0 saturated carbocycles. The van der Waals surface area contributed by atoms with E-state index in [0.717, 1.165) is 16.3 Å². The Kier molecular flexibility index (Phi) is 5.50. The fourth-order valence-corrected chi connectivity index (χ4v) is 3.78. The van der Waals surface area contributed by atoms with Gasteiger partial charge in [0.05, 0.1) is 16.7 Å². The molecule has 5 nitrogen and oxygen atoms in total. The van der Waals surface area contributed by atoms with Crippen molar-refractivity contribution in [3.05, 3.63) is 53.2 Å². The molecule has 130 valence electrons. The van der Waals surface area contributed by atoms with Gasteiger partial charge in [-0.2, -0.15) is 0 Å². The summed E-state index contributed by atoms with van der Waals surface area (Å²) in [7, 11) is 1.89. The Morgan fingerprint density at radius 2 is 2.08 bits per heavy atom. The number of halogens is 1. The van der Waals surface area contributed by atoms with Crippen molar-refractivity contribution in [2.75, 3.05) is 5.75 Å². The molecule has 2 heterocycles. The zero-order valence-electron chi connectivity index (χ0n) is 13.8. The molecule has 2 aromatic heterocycles. The fourth-order valence-electron chi connectivity index (χ4n) is 2.31. The molecular weight excluding hydrogens is 359 g/mol. The van der Waals surface area contributed by atoms with Crippen molar-refractivity contribution in [2.24, 2.45) is 7.05 Å². The zero-order valence-corrected chi connectivity index (χ0v) is 15.4. The third kappa shape index (κ3) is 4.26. The highest BCUT2D eigenvalue weighted by atomic mass is 32.2. The normalized spacial score (nSPS) is 12.1. The zero-order chi connectivity index (χ0) is 17.8. The standard InChI is InChI=1S/C17H17FN4OS2/c1-11(12-5-7-13(18)8-6-12)19-15(23)10-25-17-21-20-16(22(17)2)14-4-3-9-24-14/h3-9,11H,10H2,1-2H3,(H,19,23). The van der Waals surface area contributed by atoms with Crippen LogP contribution in [0, 0.1) is 5.82 Å². The second kappa shape index (κ2) is 7.79. The van der Waals surface area contributed by atoms with Crippen LogP contribution in [0.3, 0.4) is 0 Å². The van der Waals surface area contributed by atoms with Gasteiger partial charge in [-0.1, -0.05) is 30.0 Å². The summed E-state index contributed by atoms with van der Waals surface area (Å²) in [6, 6.07) is 9.88. The number of thioether (sulfide) groups is 1. The van der Waals surface area contributed by atoms with Gasteiger partial charge >= 0.3 is 0 Å². The van der Waals surface area contributed by atoms with E-state index in [-0.39, 0.29) is 23.5 Å². The molecule has 1 atom stereocenters. The van der Waals surface area contributed by atoms with Crippen molar-refractivity contribution in [1.29, 1.82) is 0 Å². The molecule has 0 bridgehead atoms. The molecule has 1 unspecified atom stereocenters. The van der Waals surface area contributed by atoms with Gasteiger partial charge in [0.15, 0.2) is 11.0 Å². The van der Waals surface area contributed by atoms with E-state index in [4.69, 9.17) is 0 Å². The highest BCUT2D eigenvalue weighted by Crippen LogP contribution is 2.26. The number of nitrogens with one attached hydrogen (secondary N) is 1. The van der Waals surface area contributed by atoms with Crippen LogP contribution in [0.2, 0.25) is 0 Å². The highest BCUT2D eigenvalue weighted by Gasteiger charge is 2.15. The molecule has 0 aliphatic heterocycles. The number of hydrogen-bond donors (Lipinski definition) is 1. The first-order valence-electron chi connectivity index (χ1n) is 7.65. The first-order valence-corrected chi connectivity index (χ1v) is 9.52. The Hall–Kier alpha value is -2.19. The number of aromatic nitrogens is 3. The van der Waals surface area contributed by atoms with Crippen molar-refractivity contribution >= 4 is 29.0 Å². The first kappa shape index (κ1) is 17.6. The molecule has 1 aromatic carbocycles. The number of amides is 1. The van der Waals surface area contributed by atoms with Crippen LogP contribution in [-0.2, 0) is 11.8 Å². The average Bonchev–Trinajstić information content (AvgIpc) is 3.23. The Bertz CT molecular complexity index is 846. The molecule has 0 spiro atoms. The summed E-state index contributed by atoms with van der Waals surface area (Å²) < 4.78 is 14.8. The van der Waals surface area contributed by atoms with Gasteiger partial charge in [-0.15, -0.1) is 21.5 Å². The monoisotopic (exact) mass is 376 g/mol. The molecule has 3 rings (SSSR count). The van der Waals surface area contributed by atoms with Crippen molar-refractivity contribution < 1.29 is 9.18 Å². The number of hydrogen-bond acceptors (Lipinski definition) is 5. The maximum atomic E-state index is 13.0. The summed E-state index contributed by atoms with van der Waals surface area (Å²) in [6.07, 6.45) is 0. The number of thiophene rings is 1. The fraction of sp³-hybridized carbons (Fsp3) is 0.235. The average molecular weight is 376 g/mol. The Balaban J connectivity index is 1.56. The highest BCUT2D eigenvalue weighted by molar-refractivity contribution is 7.99. The summed E-state index contributed by atoms with van der Waals surface area (Å²) in [5, 5.41) is 13.9. The minimum absolute atomic E-state index is 0.109. The van der Waals surface area contributed by atoms with Crippen molar-refractivity contribution in [3.8, 4) is 10.7 Å². The lowest BCUT2D eigenvalue weighted by molar-refractivity contribution is -0.119. The topological polar surface area (TPSA) is 59.8 Å². The quantitative estimate of drug-likeness (QED) is 0.667. The lowest BCUT2D eigenvalue weighted by atomic mass is 10.1. The Labute approximate surface area is 153 Å². The predicted molar refractivity (Wildman–Crippen MR) is 98.0 cm³/mol. The third-order valence-corrected chi connectivity index (χ3v) is 5.54. The molecule has 0 radical (unpaired) electrons. The number of carbonyl (C=O) groups excluding carboxylic acids is 1. The van der Waals surface area contributed by atoms with Gasteiger partial charge in [0, 0.05) is 7.05 Å². The summed E-state index contributed by atoms with van der Waals surface area (Å²) >= 11 is 2.93. The van der Waals surface area contributed by atoms with E-state index in [1.54, 1.807) is 23.5 Å². The van der Waals surface area contributed by atoms with E-state index in [1.165, 1.54) is 23.9 Å². The maximum absolute atomic E-state index is 13.0. The van der Waals surface area contributed by atoms with Crippen LogP contribution in [0.15, 0.2) is 46.9 Å². The van der Waals surface area contributed by atoms with Gasteiger partial charge in [0.25, 0.3) is 0 Å². The van der Waals surface area contributed by atoms with Crippen LogP contribution in [0.5, 0.6) is 0 Å². The van der Waals surface area contributed by atoms with Gasteiger partial charge in [-0.25, -0.2) is 4.39 Å². The van der Waals surface area contributed by atoms with Crippen LogP contribution in [-0.4, -0.2) is 26.4 Å². The SMILES string of the molecule is CC(NC(=O)CSc1nnc(-c2cccs2)n1C)c1ccc(F)cc1.